The van der Waals surface area contributed by atoms with Crippen molar-refractivity contribution in [1.82, 2.24) is 4.31 Å². The number of nitrogens with zero attached hydrogens (tertiary/aromatic N) is 1. The van der Waals surface area contributed by atoms with Crippen molar-refractivity contribution in [1.29, 1.82) is 0 Å². The monoisotopic (exact) mass is 470 g/mol. The lowest BCUT2D eigenvalue weighted by molar-refractivity contribution is -0.144. The molecule has 2 rings (SSSR count). The highest BCUT2D eigenvalue weighted by Gasteiger charge is 2.34. The maximum Gasteiger partial charge on any atom is 0.323 e. The van der Waals surface area contributed by atoms with Gasteiger partial charge < -0.3 is 15.2 Å². The van der Waals surface area contributed by atoms with Gasteiger partial charge in [-0.25, -0.2) is 8.42 Å². The van der Waals surface area contributed by atoms with E-state index in [1.807, 2.05) is 30.3 Å². The Labute approximate surface area is 173 Å². The van der Waals surface area contributed by atoms with Crippen molar-refractivity contribution in [2.45, 2.75) is 24.5 Å². The third-order valence-corrected chi connectivity index (χ3v) is 6.49. The van der Waals surface area contributed by atoms with E-state index in [1.54, 1.807) is 6.07 Å². The number of esters is 1. The molecule has 0 heterocycles. The smallest absolute Gasteiger partial charge is 0.323 e. The molecule has 0 radical (unpaired) electrons. The van der Waals surface area contributed by atoms with Crippen molar-refractivity contribution in [3.63, 3.8) is 0 Å². The second-order valence-corrected chi connectivity index (χ2v) is 8.63. The third-order valence-electron chi connectivity index (χ3n) is 4.10. The van der Waals surface area contributed by atoms with E-state index < -0.39 is 22.0 Å². The van der Waals surface area contributed by atoms with Crippen molar-refractivity contribution in [2.24, 2.45) is 0 Å². The van der Waals surface area contributed by atoms with Crippen LogP contribution in [0.25, 0.3) is 0 Å². The summed E-state index contributed by atoms with van der Waals surface area (Å²) in [4.78, 5) is 11.8. The van der Waals surface area contributed by atoms with Crippen LogP contribution >= 0.6 is 15.9 Å². The summed E-state index contributed by atoms with van der Waals surface area (Å²) in [6, 6.07) is 13.0. The molecule has 0 bridgehead atoms. The molecule has 0 amide bonds. The molecule has 0 saturated carbocycles. The summed E-state index contributed by atoms with van der Waals surface area (Å²) in [6.45, 7) is 1.89. The molecule has 2 aromatic rings. The van der Waals surface area contributed by atoms with Gasteiger partial charge in [-0.15, -0.1) is 0 Å². The van der Waals surface area contributed by atoms with E-state index in [9.17, 15) is 13.2 Å². The van der Waals surface area contributed by atoms with Crippen LogP contribution in [-0.2, 0) is 26.2 Å². The number of carbonyl (C=O) groups is 1. The maximum absolute atomic E-state index is 13.1. The second-order valence-electron chi connectivity index (χ2n) is 5.98. The Morgan fingerprint density at radius 1 is 1.21 bits per heavy atom. The summed E-state index contributed by atoms with van der Waals surface area (Å²) in [5, 5.41) is 0.353. The van der Waals surface area contributed by atoms with Crippen molar-refractivity contribution in [3.8, 4) is 5.75 Å². The number of methoxy groups -OCH3 is 1. The number of nitrogens with two attached hydrogens (primary N) is 1. The van der Waals surface area contributed by atoms with Crippen LogP contribution in [0.3, 0.4) is 0 Å². The number of hydrogen-bond acceptors (Lipinski definition) is 6. The van der Waals surface area contributed by atoms with Crippen LogP contribution in [0.4, 0.5) is 5.69 Å². The lowest BCUT2D eigenvalue weighted by Gasteiger charge is -2.26. The van der Waals surface area contributed by atoms with E-state index in [0.29, 0.717) is 17.7 Å². The van der Waals surface area contributed by atoms with Gasteiger partial charge in [0.1, 0.15) is 23.3 Å². The fourth-order valence-corrected chi connectivity index (χ4v) is 4.91. The molecule has 0 aliphatic carbocycles. The van der Waals surface area contributed by atoms with Crippen molar-refractivity contribution < 1.29 is 22.7 Å². The number of anilines is 1. The molecule has 1 atom stereocenters. The first-order valence-corrected chi connectivity index (χ1v) is 11.1. The Kier molecular flexibility index (Phi) is 7.85. The second kappa shape index (κ2) is 9.90. The van der Waals surface area contributed by atoms with E-state index in [4.69, 9.17) is 10.5 Å². The molecule has 0 aliphatic heterocycles. The molecular formula is C19H23BrN2O5S. The van der Waals surface area contributed by atoms with Gasteiger partial charge in [0.25, 0.3) is 0 Å². The minimum Gasteiger partial charge on any atom is -0.489 e. The molecule has 2 aromatic carbocycles. The lowest BCUT2D eigenvalue weighted by Crippen LogP contribution is -2.44. The Morgan fingerprint density at radius 3 is 2.46 bits per heavy atom. The molecule has 7 nitrogen and oxygen atoms in total. The Bertz CT molecular complexity index is 906. The summed E-state index contributed by atoms with van der Waals surface area (Å²) in [5.41, 5.74) is 7.03. The summed E-state index contributed by atoms with van der Waals surface area (Å²) >= 11 is 3.22. The predicted octanol–water partition coefficient (Wildman–Crippen LogP) is 2.79. The summed E-state index contributed by atoms with van der Waals surface area (Å²) in [5.74, 6) is -0.195. The van der Waals surface area contributed by atoms with Gasteiger partial charge in [0, 0.05) is 17.9 Å². The number of halogens is 1. The average Bonchev–Trinajstić information content (AvgIpc) is 2.69. The van der Waals surface area contributed by atoms with Crippen LogP contribution in [0.5, 0.6) is 5.75 Å². The van der Waals surface area contributed by atoms with Gasteiger partial charge in [0.15, 0.2) is 0 Å². The van der Waals surface area contributed by atoms with Gasteiger partial charge in [0.2, 0.25) is 10.0 Å². The molecule has 0 saturated heterocycles. The molecule has 0 aliphatic rings. The Hall–Kier alpha value is -2.10. The van der Waals surface area contributed by atoms with E-state index in [1.165, 1.54) is 26.2 Å². The van der Waals surface area contributed by atoms with Crippen LogP contribution in [0.15, 0.2) is 53.4 Å². The van der Waals surface area contributed by atoms with Gasteiger partial charge in [-0.3, -0.25) is 4.79 Å². The number of nitrogen functional groups attached to an aromatic ring is 1. The fraction of sp³-hybridized carbons (Fsp3) is 0.316. The first kappa shape index (κ1) is 22.2. The number of carbonyl (C=O) groups excluding carboxylic acids is 1. The summed E-state index contributed by atoms with van der Waals surface area (Å²) < 4.78 is 37.6. The lowest BCUT2D eigenvalue weighted by atomic mass is 10.2. The molecular weight excluding hydrogens is 448 g/mol. The SMILES string of the molecule is COC(=O)[C@@H](C)N(CCBr)S(=O)(=O)c1ccc(OCc2ccccc2)cc1N. The third kappa shape index (κ3) is 5.24. The zero-order chi connectivity index (χ0) is 20.7. The maximum atomic E-state index is 13.1. The first-order chi connectivity index (χ1) is 13.3. The minimum atomic E-state index is -4.01. The van der Waals surface area contributed by atoms with E-state index in [-0.39, 0.29) is 17.1 Å². The van der Waals surface area contributed by atoms with Crippen molar-refractivity contribution in [3.05, 3.63) is 54.1 Å². The topological polar surface area (TPSA) is 98.9 Å². The molecule has 28 heavy (non-hydrogen) atoms. The average molecular weight is 471 g/mol. The van der Waals surface area contributed by atoms with Crippen molar-refractivity contribution in [2.75, 3.05) is 24.7 Å². The zero-order valence-corrected chi connectivity index (χ0v) is 18.1. The van der Waals surface area contributed by atoms with Gasteiger partial charge in [-0.2, -0.15) is 4.31 Å². The number of ether oxygens (including phenoxy) is 2. The largest absolute Gasteiger partial charge is 0.489 e. The van der Waals surface area contributed by atoms with E-state index in [2.05, 4.69) is 20.7 Å². The molecule has 9 heteroatoms. The highest BCUT2D eigenvalue weighted by molar-refractivity contribution is 9.09. The molecule has 0 aromatic heterocycles. The van der Waals surface area contributed by atoms with Crippen LogP contribution in [0.2, 0.25) is 0 Å². The molecule has 0 fully saturated rings. The number of rotatable bonds is 9. The summed E-state index contributed by atoms with van der Waals surface area (Å²) in [6.07, 6.45) is 0. The molecule has 2 N–H and O–H groups in total. The zero-order valence-electron chi connectivity index (χ0n) is 15.7. The van der Waals surface area contributed by atoms with Gasteiger partial charge in [-0.05, 0) is 24.6 Å². The summed E-state index contributed by atoms with van der Waals surface area (Å²) in [7, 11) is -2.80. The number of alkyl halides is 1. The number of hydrogen-bond donors (Lipinski definition) is 1. The van der Waals surface area contributed by atoms with Gasteiger partial charge in [-0.1, -0.05) is 46.3 Å². The van der Waals surface area contributed by atoms with Crippen LogP contribution in [-0.4, -0.2) is 43.7 Å². The number of benzene rings is 2. The van der Waals surface area contributed by atoms with Crippen molar-refractivity contribution >= 4 is 37.6 Å². The standard InChI is InChI=1S/C19H23BrN2O5S/c1-14(19(23)26-2)22(11-10-20)28(24,25)18-9-8-16(12-17(18)21)27-13-15-6-4-3-5-7-15/h3-9,12,14H,10-11,13,21H2,1-2H3/t14-/m1/s1. The molecule has 152 valence electrons. The highest BCUT2D eigenvalue weighted by Crippen LogP contribution is 2.28. The Balaban J connectivity index is 2.25. The van der Waals surface area contributed by atoms with E-state index >= 15 is 0 Å². The fourth-order valence-electron chi connectivity index (χ4n) is 2.61. The predicted molar refractivity (Wildman–Crippen MR) is 111 cm³/mol. The molecule has 0 unspecified atom stereocenters. The minimum absolute atomic E-state index is 0.0437. The van der Waals surface area contributed by atoms with Gasteiger partial charge in [0.05, 0.1) is 12.8 Å². The van der Waals surface area contributed by atoms with E-state index in [0.717, 1.165) is 9.87 Å². The Morgan fingerprint density at radius 2 is 1.89 bits per heavy atom. The van der Waals surface area contributed by atoms with Crippen LogP contribution < -0.4 is 10.5 Å². The number of sulfonamides is 1. The first-order valence-electron chi connectivity index (χ1n) is 8.53. The molecule has 0 spiro atoms. The van der Waals surface area contributed by atoms with Crippen LogP contribution in [0.1, 0.15) is 12.5 Å². The quantitative estimate of drug-likeness (QED) is 0.343. The highest BCUT2D eigenvalue weighted by atomic mass is 79.9. The van der Waals surface area contributed by atoms with Crippen LogP contribution in [0, 0.1) is 0 Å². The normalized spacial score (nSPS) is 12.6. The van der Waals surface area contributed by atoms with Gasteiger partial charge >= 0.3 is 5.97 Å².